The van der Waals surface area contributed by atoms with E-state index in [2.05, 4.69) is 10.6 Å². The number of benzene rings is 2. The summed E-state index contributed by atoms with van der Waals surface area (Å²) in [4.78, 5) is 65.7. The highest BCUT2D eigenvalue weighted by Gasteiger charge is 2.43. The Bertz CT molecular complexity index is 1320. The molecule has 0 radical (unpaired) electrons. The minimum absolute atomic E-state index is 0.0127. The Kier molecular flexibility index (Phi) is 5.06. The van der Waals surface area contributed by atoms with Crippen molar-refractivity contribution < 1.29 is 33.4 Å². The lowest BCUT2D eigenvalue weighted by Gasteiger charge is -2.32. The van der Waals surface area contributed by atoms with Crippen molar-refractivity contribution in [1.29, 1.82) is 0 Å². The molecule has 5 rings (SSSR count). The van der Waals surface area contributed by atoms with E-state index in [4.69, 9.17) is 21.7 Å². The average molecular weight is 478 g/mol. The van der Waals surface area contributed by atoms with Gasteiger partial charge in [-0.2, -0.15) is 0 Å². The molecule has 0 spiro atoms. The van der Waals surface area contributed by atoms with Gasteiger partial charge in [0.05, 0.1) is 11.4 Å². The van der Waals surface area contributed by atoms with E-state index in [9.17, 15) is 24.0 Å². The third-order valence-electron chi connectivity index (χ3n) is 5.27. The van der Waals surface area contributed by atoms with Gasteiger partial charge in [-0.15, -0.1) is 0 Å². The molecule has 0 unspecified atom stereocenters. The van der Waals surface area contributed by atoms with Gasteiger partial charge in [0.15, 0.2) is 16.6 Å². The van der Waals surface area contributed by atoms with E-state index >= 15 is 0 Å². The van der Waals surface area contributed by atoms with Crippen molar-refractivity contribution in [2.24, 2.45) is 5.92 Å². The molecule has 12 heteroatoms. The second kappa shape index (κ2) is 8.08. The van der Waals surface area contributed by atoms with Crippen LogP contribution in [0.25, 0.3) is 0 Å². The van der Waals surface area contributed by atoms with Crippen LogP contribution in [0.4, 0.5) is 16.2 Å². The molecule has 3 aliphatic rings. The Morgan fingerprint density at radius 1 is 0.882 bits per heavy atom. The SMILES string of the molecule is O=C1NC(=O)N(c2ccc3c(c2)OCO3)C(=O)/C1=C/[C@H]1C(=O)NC(=S)N(c2ccccc2)C1=O. The van der Waals surface area contributed by atoms with Crippen LogP contribution in [0.2, 0.25) is 0 Å². The molecule has 3 heterocycles. The highest BCUT2D eigenvalue weighted by molar-refractivity contribution is 7.80. The van der Waals surface area contributed by atoms with Gasteiger partial charge >= 0.3 is 6.03 Å². The maximum absolute atomic E-state index is 13.2. The molecular formula is C22H14N4O7S. The van der Waals surface area contributed by atoms with E-state index in [0.717, 1.165) is 11.0 Å². The smallest absolute Gasteiger partial charge is 0.335 e. The first kappa shape index (κ1) is 21.3. The third-order valence-corrected chi connectivity index (χ3v) is 5.55. The molecule has 2 aromatic carbocycles. The Morgan fingerprint density at radius 2 is 1.62 bits per heavy atom. The highest BCUT2D eigenvalue weighted by atomic mass is 32.1. The number of hydrogen-bond acceptors (Lipinski definition) is 8. The quantitative estimate of drug-likeness (QED) is 0.289. The van der Waals surface area contributed by atoms with Gasteiger partial charge in [-0.1, -0.05) is 18.2 Å². The molecular weight excluding hydrogens is 464 g/mol. The lowest BCUT2D eigenvalue weighted by molar-refractivity contribution is -0.131. The van der Waals surface area contributed by atoms with Crippen LogP contribution in [0, 0.1) is 5.92 Å². The number of carbonyl (C=O) groups is 5. The fourth-order valence-electron chi connectivity index (χ4n) is 3.66. The number of barbiturate groups is 1. The first-order valence-electron chi connectivity index (χ1n) is 9.90. The minimum Gasteiger partial charge on any atom is -0.454 e. The van der Waals surface area contributed by atoms with E-state index in [1.165, 1.54) is 18.2 Å². The summed E-state index contributed by atoms with van der Waals surface area (Å²) in [5.41, 5.74) is -0.0410. The van der Waals surface area contributed by atoms with Crippen LogP contribution in [0.3, 0.4) is 0 Å². The number of carbonyl (C=O) groups excluding carboxylic acids is 5. The number of nitrogens with zero attached hydrogens (tertiary/aromatic N) is 2. The molecule has 2 N–H and O–H groups in total. The number of thiocarbonyl (C=S) groups is 1. The number of nitrogens with one attached hydrogen (secondary N) is 2. The first-order chi connectivity index (χ1) is 16.3. The summed E-state index contributed by atoms with van der Waals surface area (Å²) in [6, 6.07) is 11.7. The number of hydrogen-bond donors (Lipinski definition) is 2. The lowest BCUT2D eigenvalue weighted by atomic mass is 9.98. The molecule has 0 aromatic heterocycles. The van der Waals surface area contributed by atoms with Crippen molar-refractivity contribution in [2.45, 2.75) is 0 Å². The first-order valence-corrected chi connectivity index (χ1v) is 10.3. The fraction of sp³-hybridized carbons (Fsp3) is 0.0909. The molecule has 2 aromatic rings. The normalized spacial score (nSPS) is 21.2. The monoisotopic (exact) mass is 478 g/mol. The topological polar surface area (TPSA) is 134 Å². The number of para-hydroxylation sites is 1. The summed E-state index contributed by atoms with van der Waals surface area (Å²) in [5.74, 6) is -4.39. The molecule has 1 atom stereocenters. The fourth-order valence-corrected chi connectivity index (χ4v) is 3.96. The molecule has 2 fully saturated rings. The van der Waals surface area contributed by atoms with E-state index < -0.39 is 41.2 Å². The van der Waals surface area contributed by atoms with Crippen molar-refractivity contribution in [3.05, 3.63) is 60.2 Å². The summed E-state index contributed by atoms with van der Waals surface area (Å²) in [5, 5.41) is 4.33. The summed E-state index contributed by atoms with van der Waals surface area (Å²) < 4.78 is 10.5. The number of urea groups is 1. The Hall–Kier alpha value is -4.58. The number of imide groups is 2. The van der Waals surface area contributed by atoms with Gasteiger partial charge in [-0.3, -0.25) is 29.4 Å². The predicted octanol–water partition coefficient (Wildman–Crippen LogP) is 0.989. The molecule has 2 saturated heterocycles. The van der Waals surface area contributed by atoms with Gasteiger partial charge in [-0.25, -0.2) is 9.69 Å². The zero-order chi connectivity index (χ0) is 24.0. The van der Waals surface area contributed by atoms with Crippen LogP contribution in [0.15, 0.2) is 60.2 Å². The third kappa shape index (κ3) is 3.46. The second-order valence-corrected chi connectivity index (χ2v) is 7.69. The number of ether oxygens (including phenoxy) is 2. The molecule has 0 aliphatic carbocycles. The van der Waals surface area contributed by atoms with E-state index in [0.29, 0.717) is 22.1 Å². The van der Waals surface area contributed by atoms with Gasteiger partial charge in [0.25, 0.3) is 11.8 Å². The number of rotatable bonds is 3. The largest absolute Gasteiger partial charge is 0.454 e. The van der Waals surface area contributed by atoms with Crippen molar-refractivity contribution in [3.8, 4) is 11.5 Å². The Morgan fingerprint density at radius 3 is 2.38 bits per heavy atom. The zero-order valence-corrected chi connectivity index (χ0v) is 18.0. The van der Waals surface area contributed by atoms with E-state index in [1.807, 2.05) is 0 Å². The van der Waals surface area contributed by atoms with Crippen molar-refractivity contribution in [1.82, 2.24) is 10.6 Å². The number of fused-ring (bicyclic) bond motifs is 1. The highest BCUT2D eigenvalue weighted by Crippen LogP contribution is 2.36. The molecule has 170 valence electrons. The van der Waals surface area contributed by atoms with Crippen LogP contribution in [-0.2, 0) is 19.2 Å². The number of anilines is 2. The molecule has 3 aliphatic heterocycles. The van der Waals surface area contributed by atoms with Crippen LogP contribution >= 0.6 is 12.2 Å². The van der Waals surface area contributed by atoms with E-state index in [1.54, 1.807) is 30.3 Å². The van der Waals surface area contributed by atoms with Gasteiger partial charge in [0, 0.05) is 6.07 Å². The second-order valence-electron chi connectivity index (χ2n) is 7.30. The summed E-state index contributed by atoms with van der Waals surface area (Å²) in [7, 11) is 0. The molecule has 11 nitrogen and oxygen atoms in total. The lowest BCUT2D eigenvalue weighted by Crippen LogP contribution is -2.58. The van der Waals surface area contributed by atoms with Gasteiger partial charge in [0.2, 0.25) is 18.6 Å². The van der Waals surface area contributed by atoms with Crippen molar-refractivity contribution in [3.63, 3.8) is 0 Å². The van der Waals surface area contributed by atoms with Crippen LogP contribution in [0.1, 0.15) is 0 Å². The van der Waals surface area contributed by atoms with Crippen molar-refractivity contribution >= 4 is 58.4 Å². The summed E-state index contributed by atoms with van der Waals surface area (Å²) >= 11 is 5.14. The minimum atomic E-state index is -1.54. The van der Waals surface area contributed by atoms with Crippen LogP contribution < -0.4 is 29.9 Å². The maximum atomic E-state index is 13.2. The van der Waals surface area contributed by atoms with Gasteiger partial charge in [-0.05, 0) is 42.6 Å². The van der Waals surface area contributed by atoms with Gasteiger partial charge < -0.3 is 14.8 Å². The summed E-state index contributed by atoms with van der Waals surface area (Å²) in [6.07, 6.45) is 0.930. The molecule has 0 saturated carbocycles. The molecule has 34 heavy (non-hydrogen) atoms. The van der Waals surface area contributed by atoms with Gasteiger partial charge in [0.1, 0.15) is 11.5 Å². The van der Waals surface area contributed by atoms with E-state index in [-0.39, 0.29) is 17.6 Å². The predicted molar refractivity (Wildman–Crippen MR) is 120 cm³/mol. The Balaban J connectivity index is 1.50. The van der Waals surface area contributed by atoms with Crippen LogP contribution in [-0.4, -0.2) is 41.6 Å². The molecule has 6 amide bonds. The standard InChI is InChI=1S/C22H14N4O7S/c27-17-13(9-14-18(28)24-22(34)26(20(14)30)11-4-2-1-3-5-11)19(29)25(21(31)23-17)12-6-7-15-16(8-12)33-10-32-15/h1-9,14H,10H2,(H,23,27,31)(H,24,28,34)/b13-9+/t14-/m0/s1. The zero-order valence-electron chi connectivity index (χ0n) is 17.1. The van der Waals surface area contributed by atoms with Crippen molar-refractivity contribution in [2.75, 3.05) is 16.6 Å². The summed E-state index contributed by atoms with van der Waals surface area (Å²) in [6.45, 7) is -0.0127. The van der Waals surface area contributed by atoms with Crippen LogP contribution in [0.5, 0.6) is 11.5 Å². The maximum Gasteiger partial charge on any atom is 0.335 e. The average Bonchev–Trinajstić information content (AvgIpc) is 3.27. The Labute approximate surface area is 196 Å². The number of amides is 6. The molecule has 0 bridgehead atoms.